The van der Waals surface area contributed by atoms with Crippen molar-refractivity contribution in [2.24, 2.45) is 0 Å². The molecule has 8 nitrogen and oxygen atoms in total. The minimum absolute atomic E-state index is 0. The van der Waals surface area contributed by atoms with Crippen molar-refractivity contribution in [3.05, 3.63) is 62.2 Å². The first-order valence-electron chi connectivity index (χ1n) is 10.3. The van der Waals surface area contributed by atoms with Crippen molar-refractivity contribution < 1.29 is 14.5 Å². The molecule has 1 aliphatic rings. The zero-order chi connectivity index (χ0) is 22.8. The number of nitrogens with zero attached hydrogens (tertiary/aromatic N) is 4. The SMILES string of the molecule is Cc1ccc(C)c2sc(N(CCN3CCOCC3)C(=O)c3cc([N+](=O)[O-])ccc3Cl)nc12.Cl. The summed E-state index contributed by atoms with van der Waals surface area (Å²) < 4.78 is 6.43. The molecule has 0 N–H and O–H groups in total. The van der Waals surface area contributed by atoms with Gasteiger partial charge in [0, 0.05) is 38.3 Å². The van der Waals surface area contributed by atoms with E-state index in [4.69, 9.17) is 21.3 Å². The summed E-state index contributed by atoms with van der Waals surface area (Å²) in [6.07, 6.45) is 0. The van der Waals surface area contributed by atoms with Crippen LogP contribution >= 0.6 is 35.3 Å². The minimum Gasteiger partial charge on any atom is -0.379 e. The van der Waals surface area contributed by atoms with Crippen molar-refractivity contribution in [3.8, 4) is 0 Å². The number of rotatable bonds is 6. The Bertz CT molecular complexity index is 1140. The van der Waals surface area contributed by atoms with Gasteiger partial charge in [-0.3, -0.25) is 24.7 Å². The number of morpholine rings is 1. The molecule has 11 heteroatoms. The zero-order valence-electron chi connectivity index (χ0n) is 18.2. The van der Waals surface area contributed by atoms with Crippen LogP contribution in [0.5, 0.6) is 0 Å². The number of non-ortho nitro benzene ring substituents is 1. The van der Waals surface area contributed by atoms with Crippen molar-refractivity contribution in [2.45, 2.75) is 13.8 Å². The maximum Gasteiger partial charge on any atom is 0.270 e. The average molecular weight is 511 g/mol. The van der Waals surface area contributed by atoms with Crippen LogP contribution in [0.2, 0.25) is 5.02 Å². The van der Waals surface area contributed by atoms with Crippen LogP contribution in [0.1, 0.15) is 21.5 Å². The second kappa shape index (κ2) is 10.8. The first-order valence-corrected chi connectivity index (χ1v) is 11.5. The third-order valence-electron chi connectivity index (χ3n) is 5.54. The third-order valence-corrected chi connectivity index (χ3v) is 7.08. The number of nitro benzene ring substituents is 1. The van der Waals surface area contributed by atoms with Crippen molar-refractivity contribution in [1.29, 1.82) is 0 Å². The molecule has 0 unspecified atom stereocenters. The summed E-state index contributed by atoms with van der Waals surface area (Å²) in [7, 11) is 0. The predicted octanol–water partition coefficient (Wildman–Crippen LogP) is 4.88. The number of nitro groups is 1. The first-order chi connectivity index (χ1) is 15.3. The molecule has 1 aromatic heterocycles. The molecule has 0 saturated carbocycles. The Labute approximate surface area is 206 Å². The first kappa shape index (κ1) is 25.3. The number of hydrogen-bond donors (Lipinski definition) is 0. The maximum absolute atomic E-state index is 13.6. The Balaban J connectivity index is 0.00000306. The van der Waals surface area contributed by atoms with E-state index in [0.717, 1.165) is 34.4 Å². The highest BCUT2D eigenvalue weighted by molar-refractivity contribution is 7.22. The normalized spacial score (nSPS) is 14.2. The van der Waals surface area contributed by atoms with E-state index in [9.17, 15) is 14.9 Å². The van der Waals surface area contributed by atoms with Gasteiger partial charge in [-0.2, -0.15) is 0 Å². The number of thiazole rings is 1. The van der Waals surface area contributed by atoms with Crippen LogP contribution in [0.3, 0.4) is 0 Å². The van der Waals surface area contributed by atoms with E-state index >= 15 is 0 Å². The molecule has 1 fully saturated rings. The smallest absolute Gasteiger partial charge is 0.270 e. The molecule has 0 radical (unpaired) electrons. The van der Waals surface area contributed by atoms with Crippen LogP contribution in [0, 0.1) is 24.0 Å². The number of halogens is 2. The monoisotopic (exact) mass is 510 g/mol. The fourth-order valence-electron chi connectivity index (χ4n) is 3.65. The number of anilines is 1. The lowest BCUT2D eigenvalue weighted by Gasteiger charge is -2.29. The molecule has 0 aliphatic carbocycles. The van der Waals surface area contributed by atoms with Gasteiger partial charge in [0.15, 0.2) is 5.13 Å². The summed E-state index contributed by atoms with van der Waals surface area (Å²) in [6.45, 7) is 7.92. The summed E-state index contributed by atoms with van der Waals surface area (Å²) in [5.74, 6) is -0.402. The van der Waals surface area contributed by atoms with E-state index in [-0.39, 0.29) is 28.7 Å². The van der Waals surface area contributed by atoms with Crippen molar-refractivity contribution in [1.82, 2.24) is 9.88 Å². The molecule has 1 aliphatic heterocycles. The van der Waals surface area contributed by atoms with Crippen molar-refractivity contribution >= 4 is 62.3 Å². The molecule has 2 aromatic carbocycles. The van der Waals surface area contributed by atoms with E-state index < -0.39 is 10.8 Å². The molecule has 0 bridgehead atoms. The van der Waals surface area contributed by atoms with Crippen LogP contribution in [0.15, 0.2) is 30.3 Å². The zero-order valence-corrected chi connectivity index (χ0v) is 20.6. The Morgan fingerprint density at radius 3 is 2.61 bits per heavy atom. The number of carbonyl (C=O) groups is 1. The maximum atomic E-state index is 13.6. The number of fused-ring (bicyclic) bond motifs is 1. The topological polar surface area (TPSA) is 88.8 Å². The van der Waals surface area contributed by atoms with Gasteiger partial charge in [0.25, 0.3) is 11.6 Å². The number of carbonyl (C=O) groups excluding carboxylic acids is 1. The van der Waals surface area contributed by atoms with Crippen LogP contribution < -0.4 is 4.90 Å². The number of ether oxygens (including phenoxy) is 1. The molecular weight excluding hydrogens is 487 g/mol. The fourth-order valence-corrected chi connectivity index (χ4v) is 4.98. The van der Waals surface area contributed by atoms with Gasteiger partial charge in [-0.05, 0) is 31.0 Å². The van der Waals surface area contributed by atoms with Gasteiger partial charge in [0.05, 0.1) is 38.9 Å². The Hall–Kier alpha value is -2.30. The van der Waals surface area contributed by atoms with Gasteiger partial charge in [0.1, 0.15) is 0 Å². The van der Waals surface area contributed by atoms with Crippen LogP contribution in [0.4, 0.5) is 10.8 Å². The second-order valence-electron chi connectivity index (χ2n) is 7.71. The predicted molar refractivity (Wildman–Crippen MR) is 133 cm³/mol. The quantitative estimate of drug-likeness (QED) is 0.347. The molecule has 3 aromatic rings. The van der Waals surface area contributed by atoms with Crippen molar-refractivity contribution in [2.75, 3.05) is 44.3 Å². The van der Waals surface area contributed by atoms with Gasteiger partial charge in [-0.15, -0.1) is 12.4 Å². The molecule has 4 rings (SSSR count). The molecule has 1 saturated heterocycles. The third kappa shape index (κ3) is 5.44. The Kier molecular flexibility index (Phi) is 8.25. The number of benzene rings is 2. The summed E-state index contributed by atoms with van der Waals surface area (Å²) in [5, 5.41) is 12.0. The van der Waals surface area contributed by atoms with E-state index in [1.165, 1.54) is 29.5 Å². The van der Waals surface area contributed by atoms with Gasteiger partial charge < -0.3 is 4.74 Å². The average Bonchev–Trinajstić information content (AvgIpc) is 3.24. The molecule has 2 heterocycles. The number of hydrogen-bond acceptors (Lipinski definition) is 7. The molecule has 1 amide bonds. The van der Waals surface area contributed by atoms with Crippen LogP contribution in [-0.4, -0.2) is 60.1 Å². The van der Waals surface area contributed by atoms with Gasteiger partial charge >= 0.3 is 0 Å². The lowest BCUT2D eigenvalue weighted by molar-refractivity contribution is -0.384. The fraction of sp³-hybridized carbons (Fsp3) is 0.364. The van der Waals surface area contributed by atoms with E-state index in [2.05, 4.69) is 4.90 Å². The summed E-state index contributed by atoms with van der Waals surface area (Å²) in [6, 6.07) is 7.97. The highest BCUT2D eigenvalue weighted by atomic mass is 35.5. The molecule has 0 atom stereocenters. The summed E-state index contributed by atoms with van der Waals surface area (Å²) in [4.78, 5) is 32.9. The van der Waals surface area contributed by atoms with Gasteiger partial charge in [-0.25, -0.2) is 4.98 Å². The van der Waals surface area contributed by atoms with Crippen LogP contribution in [-0.2, 0) is 4.74 Å². The molecule has 176 valence electrons. The van der Waals surface area contributed by atoms with Gasteiger partial charge in [-0.1, -0.05) is 35.1 Å². The van der Waals surface area contributed by atoms with Crippen LogP contribution in [0.25, 0.3) is 10.2 Å². The number of aryl methyl sites for hydroxylation is 2. The standard InChI is InChI=1S/C22H23ClN4O4S.ClH/c1-14-3-4-15(2)20-19(14)24-22(32-20)26(8-7-25-9-11-31-12-10-25)21(28)17-13-16(27(29)30)5-6-18(17)23;/h3-6,13H,7-12H2,1-2H3;1H. The minimum atomic E-state index is -0.532. The molecule has 0 spiro atoms. The summed E-state index contributed by atoms with van der Waals surface area (Å²) >= 11 is 7.74. The second-order valence-corrected chi connectivity index (χ2v) is 9.09. The van der Waals surface area contributed by atoms with Crippen molar-refractivity contribution in [3.63, 3.8) is 0 Å². The van der Waals surface area contributed by atoms with Gasteiger partial charge in [0.2, 0.25) is 0 Å². The Morgan fingerprint density at radius 1 is 1.24 bits per heavy atom. The highest BCUT2D eigenvalue weighted by Gasteiger charge is 2.26. The van der Waals surface area contributed by atoms with E-state index in [1.807, 2.05) is 26.0 Å². The van der Waals surface area contributed by atoms with E-state index in [0.29, 0.717) is 31.4 Å². The molecule has 33 heavy (non-hydrogen) atoms. The number of amides is 1. The lowest BCUT2D eigenvalue weighted by atomic mass is 10.1. The van der Waals surface area contributed by atoms with E-state index in [1.54, 1.807) is 4.90 Å². The Morgan fingerprint density at radius 2 is 1.94 bits per heavy atom. The summed E-state index contributed by atoms with van der Waals surface area (Å²) in [5.41, 5.74) is 2.89. The largest absolute Gasteiger partial charge is 0.379 e. The lowest BCUT2D eigenvalue weighted by Crippen LogP contribution is -2.43. The number of aromatic nitrogens is 1. The highest BCUT2D eigenvalue weighted by Crippen LogP contribution is 2.34. The molecular formula is C22H24Cl2N4O4S.